The topological polar surface area (TPSA) is 38.9 Å². The zero-order valence-electron chi connectivity index (χ0n) is 16.5. The van der Waals surface area contributed by atoms with Crippen molar-refractivity contribution in [3.8, 4) is 17.0 Å². The van der Waals surface area contributed by atoms with Crippen LogP contribution in [-0.4, -0.2) is 24.5 Å². The van der Waals surface area contributed by atoms with Gasteiger partial charge in [-0.25, -0.2) is 4.68 Å². The molecule has 1 aromatic carbocycles. The Bertz CT molecular complexity index is 947. The molecule has 0 N–H and O–H groups in total. The van der Waals surface area contributed by atoms with Crippen molar-refractivity contribution in [3.05, 3.63) is 46.1 Å². The van der Waals surface area contributed by atoms with E-state index in [1.807, 2.05) is 16.8 Å². The van der Waals surface area contributed by atoms with Gasteiger partial charge < -0.3 is 4.74 Å². The quantitative estimate of drug-likeness (QED) is 0.674. The van der Waals surface area contributed by atoms with Gasteiger partial charge in [0.25, 0.3) is 0 Å². The van der Waals surface area contributed by atoms with Crippen LogP contribution in [0, 0.1) is 17.3 Å². The number of fused-ring (bicyclic) bond motifs is 1. The van der Waals surface area contributed by atoms with Gasteiger partial charge in [-0.05, 0) is 66.9 Å². The van der Waals surface area contributed by atoms with E-state index in [9.17, 15) is 0 Å². The molecule has 1 saturated carbocycles. The molecule has 0 spiro atoms. The van der Waals surface area contributed by atoms with Crippen LogP contribution in [0.25, 0.3) is 11.3 Å². The normalized spacial score (nSPS) is 24.0. The van der Waals surface area contributed by atoms with E-state index in [-0.39, 0.29) is 0 Å². The van der Waals surface area contributed by atoms with Crippen LogP contribution in [0.15, 0.2) is 51.4 Å². The number of thiazole rings is 1. The Morgan fingerprint density at radius 2 is 2.07 bits per heavy atom. The van der Waals surface area contributed by atoms with Gasteiger partial charge in [-0.15, -0.1) is 11.3 Å². The lowest BCUT2D eigenvalue weighted by Crippen LogP contribution is -2.48. The predicted octanol–water partition coefficient (Wildman–Crippen LogP) is 4.97. The smallest absolute Gasteiger partial charge is 0.206 e. The van der Waals surface area contributed by atoms with E-state index < -0.39 is 0 Å². The van der Waals surface area contributed by atoms with E-state index in [2.05, 4.69) is 55.6 Å². The summed E-state index contributed by atoms with van der Waals surface area (Å²) in [7, 11) is 1.69. The summed E-state index contributed by atoms with van der Waals surface area (Å²) in [5.74, 6) is 2.33. The van der Waals surface area contributed by atoms with Gasteiger partial charge in [-0.2, -0.15) is 5.10 Å². The second-order valence-electron chi connectivity index (χ2n) is 7.91. The molecule has 142 valence electrons. The van der Waals surface area contributed by atoms with E-state index in [4.69, 9.17) is 9.84 Å². The second kappa shape index (κ2) is 7.12. The fourth-order valence-corrected chi connectivity index (χ4v) is 5.19. The molecule has 3 aliphatic rings. The highest BCUT2D eigenvalue weighted by atomic mass is 32.1. The van der Waals surface area contributed by atoms with Crippen LogP contribution in [0.3, 0.4) is 0 Å². The van der Waals surface area contributed by atoms with Gasteiger partial charge >= 0.3 is 0 Å². The van der Waals surface area contributed by atoms with Crippen LogP contribution in [0.4, 0.5) is 0 Å². The highest BCUT2D eigenvalue weighted by Gasteiger charge is 2.50. The van der Waals surface area contributed by atoms with Gasteiger partial charge in [0.2, 0.25) is 4.80 Å². The zero-order valence-corrected chi connectivity index (χ0v) is 17.3. The largest absolute Gasteiger partial charge is 0.497 e. The van der Waals surface area contributed by atoms with Crippen LogP contribution in [0.5, 0.6) is 5.75 Å². The number of nitrogens with zero attached hydrogens (tertiary/aromatic N) is 3. The highest BCUT2D eigenvalue weighted by Crippen LogP contribution is 2.58. The molecule has 2 unspecified atom stereocenters. The third-order valence-electron chi connectivity index (χ3n) is 6.20. The van der Waals surface area contributed by atoms with Crippen molar-refractivity contribution < 1.29 is 4.74 Å². The lowest BCUT2D eigenvalue weighted by Gasteiger charge is -2.55. The molecule has 4 nitrogen and oxygen atoms in total. The van der Waals surface area contributed by atoms with Gasteiger partial charge in [0.15, 0.2) is 0 Å². The van der Waals surface area contributed by atoms with Crippen molar-refractivity contribution in [2.75, 3.05) is 13.7 Å². The van der Waals surface area contributed by atoms with Gasteiger partial charge in [0, 0.05) is 17.5 Å². The van der Waals surface area contributed by atoms with Crippen molar-refractivity contribution in [1.29, 1.82) is 0 Å². The average molecular weight is 382 g/mol. The number of allylic oxidation sites excluding steroid dienone is 2. The van der Waals surface area contributed by atoms with Crippen molar-refractivity contribution in [2.24, 2.45) is 27.3 Å². The van der Waals surface area contributed by atoms with Gasteiger partial charge in [0.1, 0.15) is 5.75 Å². The molecule has 5 rings (SSSR count). The van der Waals surface area contributed by atoms with Crippen LogP contribution >= 0.6 is 11.3 Å². The Balaban J connectivity index is 1.70. The SMILES string of the molecule is CCN=c1scc(-c2ccc(OC)cc2)n1N=CC1=CCC2CC1C2(C)C. The maximum absolute atomic E-state index is 5.28. The summed E-state index contributed by atoms with van der Waals surface area (Å²) in [6.45, 7) is 7.59. The molecule has 0 amide bonds. The molecule has 2 aromatic rings. The first-order valence-corrected chi connectivity index (χ1v) is 10.5. The van der Waals surface area contributed by atoms with E-state index in [1.165, 1.54) is 18.4 Å². The predicted molar refractivity (Wildman–Crippen MR) is 112 cm³/mol. The first-order valence-electron chi connectivity index (χ1n) is 9.64. The Morgan fingerprint density at radius 1 is 1.30 bits per heavy atom. The highest BCUT2D eigenvalue weighted by molar-refractivity contribution is 7.07. The fourth-order valence-electron chi connectivity index (χ4n) is 4.28. The van der Waals surface area contributed by atoms with Gasteiger partial charge in [-0.1, -0.05) is 19.9 Å². The minimum absolute atomic E-state index is 0.408. The lowest BCUT2D eigenvalue weighted by molar-refractivity contribution is -0.00126. The van der Waals surface area contributed by atoms with Crippen molar-refractivity contribution in [2.45, 2.75) is 33.6 Å². The van der Waals surface area contributed by atoms with Crippen molar-refractivity contribution >= 4 is 17.6 Å². The third-order valence-corrected chi connectivity index (χ3v) is 7.05. The maximum Gasteiger partial charge on any atom is 0.206 e. The molecule has 0 saturated heterocycles. The van der Waals surface area contributed by atoms with Crippen molar-refractivity contribution in [3.63, 3.8) is 0 Å². The molecule has 1 heterocycles. The Labute approximate surface area is 164 Å². The molecular formula is C22H27N3OS. The maximum atomic E-state index is 5.28. The zero-order chi connectivity index (χ0) is 19.0. The lowest BCUT2D eigenvalue weighted by atomic mass is 9.49. The van der Waals surface area contributed by atoms with Gasteiger partial charge in [0.05, 0.1) is 19.0 Å². The number of hydrogen-bond donors (Lipinski definition) is 0. The standard InChI is InChI=1S/C22H27N3OS/c1-5-23-21-25(20(14-27-21)15-7-10-18(26-4)11-8-15)24-13-16-6-9-17-12-19(16)22(17,2)3/h6-8,10-11,13-14,17,19H,5,9,12H2,1-4H3. The first-order chi connectivity index (χ1) is 13.0. The molecule has 1 fully saturated rings. The number of methoxy groups -OCH3 is 1. The number of benzene rings is 1. The molecule has 1 aromatic heterocycles. The summed E-state index contributed by atoms with van der Waals surface area (Å²) >= 11 is 1.63. The Kier molecular flexibility index (Phi) is 4.81. The fraction of sp³-hybridized carbons (Fsp3) is 0.455. The summed E-state index contributed by atoms with van der Waals surface area (Å²) in [5, 5.41) is 7.01. The van der Waals surface area contributed by atoms with Crippen LogP contribution in [0.2, 0.25) is 0 Å². The summed E-state index contributed by atoms with van der Waals surface area (Å²) in [5.41, 5.74) is 3.96. The van der Waals surface area contributed by atoms with Crippen molar-refractivity contribution in [1.82, 2.24) is 4.68 Å². The summed E-state index contributed by atoms with van der Waals surface area (Å²) in [6, 6.07) is 8.11. The molecule has 3 aliphatic carbocycles. The summed E-state index contributed by atoms with van der Waals surface area (Å²) in [4.78, 5) is 5.56. The number of rotatable bonds is 5. The third kappa shape index (κ3) is 3.18. The molecule has 0 aliphatic heterocycles. The number of ether oxygens (including phenoxy) is 1. The molecule has 2 bridgehead atoms. The molecular weight excluding hydrogens is 354 g/mol. The van der Waals surface area contributed by atoms with E-state index >= 15 is 0 Å². The molecule has 0 radical (unpaired) electrons. The van der Waals surface area contributed by atoms with Crippen LogP contribution < -0.4 is 9.54 Å². The average Bonchev–Trinajstić information content (AvgIpc) is 3.09. The second-order valence-corrected chi connectivity index (χ2v) is 8.75. The first kappa shape index (κ1) is 18.2. The van der Waals surface area contributed by atoms with E-state index in [0.29, 0.717) is 11.3 Å². The van der Waals surface area contributed by atoms with E-state index in [1.54, 1.807) is 18.4 Å². The van der Waals surface area contributed by atoms with Gasteiger partial charge in [-0.3, -0.25) is 4.99 Å². The Hall–Kier alpha value is -2.14. The Morgan fingerprint density at radius 3 is 2.70 bits per heavy atom. The summed E-state index contributed by atoms with van der Waals surface area (Å²) in [6.07, 6.45) is 6.92. The minimum atomic E-state index is 0.408. The summed E-state index contributed by atoms with van der Waals surface area (Å²) < 4.78 is 7.26. The molecule has 2 atom stereocenters. The molecule has 27 heavy (non-hydrogen) atoms. The number of aromatic nitrogens is 1. The monoisotopic (exact) mass is 381 g/mol. The number of hydrogen-bond acceptors (Lipinski definition) is 4. The van der Waals surface area contributed by atoms with Crippen LogP contribution in [0.1, 0.15) is 33.6 Å². The minimum Gasteiger partial charge on any atom is -0.497 e. The van der Waals surface area contributed by atoms with E-state index in [0.717, 1.165) is 34.3 Å². The molecule has 5 heteroatoms. The van der Waals surface area contributed by atoms with Crippen LogP contribution in [-0.2, 0) is 0 Å².